The second-order valence-corrected chi connectivity index (χ2v) is 5.51. The normalized spacial score (nSPS) is 23.3. The monoisotopic (exact) mass is 263 g/mol. The zero-order valence-corrected chi connectivity index (χ0v) is 12.0. The van der Waals surface area contributed by atoms with Gasteiger partial charge in [0.05, 0.1) is 18.4 Å². The lowest BCUT2D eigenvalue weighted by atomic mass is 9.92. The molecular formula is C14H21N3O2. The van der Waals surface area contributed by atoms with Gasteiger partial charge < -0.3 is 9.64 Å². The fraction of sp³-hybridized carbons (Fsp3) is 0.643. The Morgan fingerprint density at radius 1 is 1.37 bits per heavy atom. The average molecular weight is 263 g/mol. The lowest BCUT2D eigenvalue weighted by Crippen LogP contribution is -2.39. The van der Waals surface area contributed by atoms with Crippen molar-refractivity contribution in [2.24, 2.45) is 11.8 Å². The van der Waals surface area contributed by atoms with Gasteiger partial charge in [0.1, 0.15) is 0 Å². The first-order chi connectivity index (χ1) is 9.01. The number of hydrogen-bond donors (Lipinski definition) is 0. The molecule has 0 N–H and O–H groups in total. The number of carbonyl (C=O) groups excluding carboxylic acids is 1. The number of nitrogens with zero attached hydrogens (tertiary/aromatic N) is 3. The maximum Gasteiger partial charge on any atom is 0.341 e. The molecule has 2 atom stereocenters. The molecule has 0 bridgehead atoms. The third kappa shape index (κ3) is 3.03. The zero-order valence-electron chi connectivity index (χ0n) is 12.0. The summed E-state index contributed by atoms with van der Waals surface area (Å²) in [7, 11) is 1.36. The van der Waals surface area contributed by atoms with Crippen molar-refractivity contribution in [3.8, 4) is 0 Å². The van der Waals surface area contributed by atoms with E-state index < -0.39 is 0 Å². The van der Waals surface area contributed by atoms with Gasteiger partial charge >= 0.3 is 5.97 Å². The summed E-state index contributed by atoms with van der Waals surface area (Å²) in [4.78, 5) is 22.5. The van der Waals surface area contributed by atoms with Crippen molar-refractivity contribution in [2.75, 3.05) is 25.1 Å². The molecule has 1 aromatic rings. The summed E-state index contributed by atoms with van der Waals surface area (Å²) in [6, 6.07) is 0. The second-order valence-electron chi connectivity index (χ2n) is 5.51. The first-order valence-corrected chi connectivity index (χ1v) is 6.68. The van der Waals surface area contributed by atoms with E-state index in [4.69, 9.17) is 4.74 Å². The molecule has 0 radical (unpaired) electrons. The summed E-state index contributed by atoms with van der Waals surface area (Å²) in [6.07, 6.45) is 2.81. The van der Waals surface area contributed by atoms with E-state index in [0.29, 0.717) is 29.0 Å². The van der Waals surface area contributed by atoms with E-state index in [9.17, 15) is 4.79 Å². The molecule has 2 rings (SSSR count). The van der Waals surface area contributed by atoms with E-state index in [1.807, 2.05) is 6.92 Å². The van der Waals surface area contributed by atoms with Gasteiger partial charge in [0.15, 0.2) is 0 Å². The number of anilines is 1. The highest BCUT2D eigenvalue weighted by Gasteiger charge is 2.24. The summed E-state index contributed by atoms with van der Waals surface area (Å²) >= 11 is 0. The summed E-state index contributed by atoms with van der Waals surface area (Å²) in [5, 5.41) is 0. The van der Waals surface area contributed by atoms with Crippen LogP contribution in [0.25, 0.3) is 0 Å². The van der Waals surface area contributed by atoms with Gasteiger partial charge in [-0.15, -0.1) is 0 Å². The molecule has 0 saturated carbocycles. The summed E-state index contributed by atoms with van der Waals surface area (Å²) in [6.45, 7) is 8.26. The first-order valence-electron chi connectivity index (χ1n) is 6.68. The lowest BCUT2D eigenvalue weighted by molar-refractivity contribution is 0.0599. The Bertz CT molecular complexity index is 466. The van der Waals surface area contributed by atoms with E-state index in [1.54, 1.807) is 6.20 Å². The molecule has 1 aromatic heterocycles. The van der Waals surface area contributed by atoms with Crippen molar-refractivity contribution in [3.63, 3.8) is 0 Å². The van der Waals surface area contributed by atoms with Crippen LogP contribution in [-0.2, 0) is 4.74 Å². The zero-order chi connectivity index (χ0) is 14.0. The number of carbonyl (C=O) groups is 1. The first kappa shape index (κ1) is 13.8. The smallest absolute Gasteiger partial charge is 0.341 e. The number of esters is 1. The van der Waals surface area contributed by atoms with Crippen molar-refractivity contribution in [1.82, 2.24) is 9.97 Å². The van der Waals surface area contributed by atoms with E-state index in [0.717, 1.165) is 13.1 Å². The fourth-order valence-electron chi connectivity index (χ4n) is 2.74. The van der Waals surface area contributed by atoms with Crippen LogP contribution in [0.5, 0.6) is 0 Å². The van der Waals surface area contributed by atoms with Gasteiger partial charge in [0.25, 0.3) is 0 Å². The minimum absolute atomic E-state index is 0.385. The minimum atomic E-state index is -0.385. The molecule has 0 aromatic carbocycles. The van der Waals surface area contributed by atoms with Gasteiger partial charge in [-0.1, -0.05) is 13.8 Å². The van der Waals surface area contributed by atoms with E-state index in [-0.39, 0.29) is 5.97 Å². The van der Waals surface area contributed by atoms with Gasteiger partial charge in [-0.3, -0.25) is 0 Å². The fourth-order valence-corrected chi connectivity index (χ4v) is 2.74. The Hall–Kier alpha value is -1.65. The van der Waals surface area contributed by atoms with Crippen LogP contribution in [0.2, 0.25) is 0 Å². The Kier molecular flexibility index (Phi) is 4.02. The highest BCUT2D eigenvalue weighted by Crippen LogP contribution is 2.24. The maximum atomic E-state index is 11.5. The van der Waals surface area contributed by atoms with Gasteiger partial charge in [0, 0.05) is 19.3 Å². The van der Waals surface area contributed by atoms with Crippen LogP contribution in [0.4, 0.5) is 5.95 Å². The van der Waals surface area contributed by atoms with Gasteiger partial charge in [-0.05, 0) is 25.2 Å². The van der Waals surface area contributed by atoms with E-state index >= 15 is 0 Å². The Balaban J connectivity index is 2.22. The van der Waals surface area contributed by atoms with Gasteiger partial charge in [0.2, 0.25) is 5.95 Å². The van der Waals surface area contributed by atoms with Crippen LogP contribution >= 0.6 is 0 Å². The molecule has 0 unspecified atom stereocenters. The van der Waals surface area contributed by atoms with Crippen molar-refractivity contribution in [3.05, 3.63) is 17.5 Å². The van der Waals surface area contributed by atoms with E-state index in [2.05, 4.69) is 28.7 Å². The van der Waals surface area contributed by atoms with Crippen molar-refractivity contribution >= 4 is 11.9 Å². The SMILES string of the molecule is COC(=O)c1cnc(N2C[C@@H](C)C[C@H](C)C2)nc1C. The highest BCUT2D eigenvalue weighted by atomic mass is 16.5. The van der Waals surface area contributed by atoms with Crippen molar-refractivity contribution in [1.29, 1.82) is 0 Å². The quantitative estimate of drug-likeness (QED) is 0.764. The molecule has 19 heavy (non-hydrogen) atoms. The number of hydrogen-bond acceptors (Lipinski definition) is 5. The van der Waals surface area contributed by atoms with Gasteiger partial charge in [-0.25, -0.2) is 14.8 Å². The molecule has 104 valence electrons. The summed E-state index contributed by atoms with van der Waals surface area (Å²) < 4.78 is 4.70. The number of aryl methyl sites for hydroxylation is 1. The minimum Gasteiger partial charge on any atom is -0.465 e. The molecule has 0 spiro atoms. The summed E-state index contributed by atoms with van der Waals surface area (Å²) in [5.74, 6) is 1.62. The Morgan fingerprint density at radius 2 is 2.00 bits per heavy atom. The van der Waals surface area contributed by atoms with Gasteiger partial charge in [-0.2, -0.15) is 0 Å². The molecule has 1 aliphatic rings. The predicted octanol–water partition coefficient (Wildman–Crippen LogP) is 2.05. The molecule has 5 nitrogen and oxygen atoms in total. The lowest BCUT2D eigenvalue weighted by Gasteiger charge is -2.35. The largest absolute Gasteiger partial charge is 0.465 e. The van der Waals surface area contributed by atoms with Crippen LogP contribution in [0.15, 0.2) is 6.20 Å². The highest BCUT2D eigenvalue weighted by molar-refractivity contribution is 5.90. The number of rotatable bonds is 2. The molecular weight excluding hydrogens is 242 g/mol. The van der Waals surface area contributed by atoms with E-state index in [1.165, 1.54) is 13.5 Å². The third-order valence-corrected chi connectivity index (χ3v) is 3.52. The molecule has 1 aliphatic heterocycles. The van der Waals surface area contributed by atoms with Crippen molar-refractivity contribution < 1.29 is 9.53 Å². The Morgan fingerprint density at radius 3 is 2.53 bits per heavy atom. The Labute approximate surface area is 114 Å². The van der Waals surface area contributed by atoms with Crippen LogP contribution in [0, 0.1) is 18.8 Å². The number of aromatic nitrogens is 2. The van der Waals surface area contributed by atoms with Crippen molar-refractivity contribution in [2.45, 2.75) is 27.2 Å². The number of methoxy groups -OCH3 is 1. The second kappa shape index (κ2) is 5.55. The molecule has 1 saturated heterocycles. The van der Waals surface area contributed by atoms with Crippen LogP contribution in [-0.4, -0.2) is 36.1 Å². The molecule has 1 fully saturated rings. The molecule has 5 heteroatoms. The maximum absolute atomic E-state index is 11.5. The number of ether oxygens (including phenoxy) is 1. The third-order valence-electron chi connectivity index (χ3n) is 3.52. The standard InChI is InChI=1S/C14H21N3O2/c1-9-5-10(2)8-17(7-9)14-15-6-12(11(3)16-14)13(18)19-4/h6,9-10H,5,7-8H2,1-4H3/t9-,10-/m0/s1. The molecule has 2 heterocycles. The molecule has 0 amide bonds. The van der Waals surface area contributed by atoms with Crippen LogP contribution < -0.4 is 4.90 Å². The number of piperidine rings is 1. The summed E-state index contributed by atoms with van der Waals surface area (Å²) in [5.41, 5.74) is 1.10. The average Bonchev–Trinajstić information content (AvgIpc) is 2.36. The van der Waals surface area contributed by atoms with Crippen LogP contribution in [0.1, 0.15) is 36.3 Å². The predicted molar refractivity (Wildman–Crippen MR) is 73.3 cm³/mol. The molecule has 0 aliphatic carbocycles. The van der Waals surface area contributed by atoms with Crippen LogP contribution in [0.3, 0.4) is 0 Å². The topological polar surface area (TPSA) is 55.3 Å².